The molecule has 2 aromatic rings. The quantitative estimate of drug-likeness (QED) is 0.707. The number of ether oxygens (including phenoxy) is 2. The van der Waals surface area contributed by atoms with Crippen LogP contribution in [0.5, 0.6) is 11.5 Å². The third-order valence-corrected chi connectivity index (χ3v) is 4.78. The summed E-state index contributed by atoms with van der Waals surface area (Å²) in [6.07, 6.45) is 0.896. The molecule has 3 rings (SSSR count). The van der Waals surface area contributed by atoms with Gasteiger partial charge in [0, 0.05) is 19.5 Å². The van der Waals surface area contributed by atoms with Crippen LogP contribution < -0.4 is 9.47 Å². The number of carboxylic acids is 1. The number of amides is 1. The molecule has 1 unspecified atom stereocenters. The van der Waals surface area contributed by atoms with Crippen LogP contribution in [-0.2, 0) is 16.1 Å². The fourth-order valence-electron chi connectivity index (χ4n) is 3.38. The second-order valence-electron chi connectivity index (χ2n) is 6.72. The summed E-state index contributed by atoms with van der Waals surface area (Å²) in [5.74, 6) is -0.0917. The van der Waals surface area contributed by atoms with Gasteiger partial charge in [0.25, 0.3) is 0 Å². The molecule has 0 saturated carbocycles. The maximum Gasteiger partial charge on any atom is 0.312 e. The Balaban J connectivity index is 1.49. The highest BCUT2D eigenvalue weighted by Gasteiger charge is 2.31. The van der Waals surface area contributed by atoms with Crippen molar-refractivity contribution in [3.63, 3.8) is 0 Å². The SMILES string of the molecule is CCOc1ccc(OCCCC(=O)N2Cc3ccccc3C(C(=O)O)C2)cc1. The van der Waals surface area contributed by atoms with Crippen molar-refractivity contribution in [1.82, 2.24) is 4.90 Å². The zero-order valence-corrected chi connectivity index (χ0v) is 16.0. The Kier molecular flexibility index (Phi) is 6.53. The Morgan fingerprint density at radius 2 is 1.75 bits per heavy atom. The van der Waals surface area contributed by atoms with Crippen LogP contribution in [0.1, 0.15) is 36.8 Å². The summed E-state index contributed by atoms with van der Waals surface area (Å²) < 4.78 is 11.1. The van der Waals surface area contributed by atoms with Crippen LogP contribution in [0.25, 0.3) is 0 Å². The molecule has 1 aliphatic rings. The van der Waals surface area contributed by atoms with Crippen LogP contribution in [0.2, 0.25) is 0 Å². The van der Waals surface area contributed by atoms with E-state index in [1.165, 1.54) is 0 Å². The molecule has 1 aliphatic heterocycles. The number of rotatable bonds is 8. The molecular formula is C22H25NO5. The van der Waals surface area contributed by atoms with Gasteiger partial charge >= 0.3 is 5.97 Å². The number of hydrogen-bond acceptors (Lipinski definition) is 4. The maximum atomic E-state index is 12.6. The number of fused-ring (bicyclic) bond motifs is 1. The van der Waals surface area contributed by atoms with Crippen LogP contribution in [0.4, 0.5) is 0 Å². The molecule has 1 amide bonds. The van der Waals surface area contributed by atoms with E-state index in [4.69, 9.17) is 9.47 Å². The van der Waals surface area contributed by atoms with E-state index in [-0.39, 0.29) is 12.5 Å². The first-order valence-corrected chi connectivity index (χ1v) is 9.52. The van der Waals surface area contributed by atoms with E-state index >= 15 is 0 Å². The van der Waals surface area contributed by atoms with Gasteiger partial charge in [-0.05, 0) is 48.7 Å². The number of aliphatic carboxylic acids is 1. The molecule has 0 fully saturated rings. The Morgan fingerprint density at radius 1 is 1.07 bits per heavy atom. The zero-order chi connectivity index (χ0) is 19.9. The van der Waals surface area contributed by atoms with Crippen molar-refractivity contribution in [2.75, 3.05) is 19.8 Å². The topological polar surface area (TPSA) is 76.1 Å². The minimum Gasteiger partial charge on any atom is -0.494 e. The van der Waals surface area contributed by atoms with Gasteiger partial charge in [-0.1, -0.05) is 24.3 Å². The van der Waals surface area contributed by atoms with Crippen LogP contribution in [0.3, 0.4) is 0 Å². The van der Waals surface area contributed by atoms with Crippen molar-refractivity contribution >= 4 is 11.9 Å². The summed E-state index contributed by atoms with van der Waals surface area (Å²) >= 11 is 0. The smallest absolute Gasteiger partial charge is 0.312 e. The summed E-state index contributed by atoms with van der Waals surface area (Å²) in [5, 5.41) is 9.51. The first-order valence-electron chi connectivity index (χ1n) is 9.52. The number of carboxylic acid groups (broad SMARTS) is 1. The molecular weight excluding hydrogens is 358 g/mol. The Hall–Kier alpha value is -3.02. The highest BCUT2D eigenvalue weighted by Crippen LogP contribution is 2.29. The second-order valence-corrected chi connectivity index (χ2v) is 6.72. The van der Waals surface area contributed by atoms with Gasteiger partial charge in [0.2, 0.25) is 5.91 Å². The van der Waals surface area contributed by atoms with Gasteiger partial charge in [-0.3, -0.25) is 9.59 Å². The van der Waals surface area contributed by atoms with Gasteiger partial charge in [-0.15, -0.1) is 0 Å². The standard InChI is InChI=1S/C22H25NO5/c1-2-27-17-9-11-18(12-10-17)28-13-5-8-21(24)23-14-16-6-3-4-7-19(16)20(15-23)22(25)26/h3-4,6-7,9-12,20H,2,5,8,13-15H2,1H3,(H,25,26). The lowest BCUT2D eigenvalue weighted by Gasteiger charge is -2.33. The van der Waals surface area contributed by atoms with Crippen molar-refractivity contribution in [3.8, 4) is 11.5 Å². The van der Waals surface area contributed by atoms with Crippen molar-refractivity contribution < 1.29 is 24.2 Å². The average molecular weight is 383 g/mol. The van der Waals surface area contributed by atoms with Crippen LogP contribution >= 0.6 is 0 Å². The fourth-order valence-corrected chi connectivity index (χ4v) is 3.38. The molecule has 0 saturated heterocycles. The molecule has 0 aromatic heterocycles. The summed E-state index contributed by atoms with van der Waals surface area (Å²) in [6, 6.07) is 14.8. The lowest BCUT2D eigenvalue weighted by molar-refractivity contribution is -0.141. The lowest BCUT2D eigenvalue weighted by atomic mass is 9.89. The third-order valence-electron chi connectivity index (χ3n) is 4.78. The molecule has 1 N–H and O–H groups in total. The van der Waals surface area contributed by atoms with Crippen LogP contribution in [0.15, 0.2) is 48.5 Å². The lowest BCUT2D eigenvalue weighted by Crippen LogP contribution is -2.40. The summed E-state index contributed by atoms with van der Waals surface area (Å²) in [7, 11) is 0. The van der Waals surface area contributed by atoms with Gasteiger partial charge in [-0.2, -0.15) is 0 Å². The Morgan fingerprint density at radius 3 is 2.43 bits per heavy atom. The molecule has 6 nitrogen and oxygen atoms in total. The number of nitrogens with zero attached hydrogens (tertiary/aromatic N) is 1. The zero-order valence-electron chi connectivity index (χ0n) is 16.0. The van der Waals surface area contributed by atoms with E-state index in [1.54, 1.807) is 4.90 Å². The second kappa shape index (κ2) is 9.26. The van der Waals surface area contributed by atoms with Gasteiger partial charge in [0.15, 0.2) is 0 Å². The highest BCUT2D eigenvalue weighted by molar-refractivity contribution is 5.81. The van der Waals surface area contributed by atoms with E-state index < -0.39 is 11.9 Å². The Labute approximate surface area is 164 Å². The maximum absolute atomic E-state index is 12.6. The van der Waals surface area contributed by atoms with E-state index in [9.17, 15) is 14.7 Å². The first-order chi connectivity index (χ1) is 13.6. The predicted octanol–water partition coefficient (Wildman–Crippen LogP) is 3.45. The van der Waals surface area contributed by atoms with Gasteiger partial charge in [-0.25, -0.2) is 0 Å². The number of carbonyl (C=O) groups excluding carboxylic acids is 1. The minimum atomic E-state index is -0.899. The van der Waals surface area contributed by atoms with Gasteiger partial charge in [0.05, 0.1) is 19.1 Å². The van der Waals surface area contributed by atoms with Gasteiger partial charge < -0.3 is 19.5 Å². The van der Waals surface area contributed by atoms with Crippen molar-refractivity contribution in [3.05, 3.63) is 59.7 Å². The van der Waals surface area contributed by atoms with Crippen LogP contribution in [0, 0.1) is 0 Å². The van der Waals surface area contributed by atoms with Crippen molar-refractivity contribution in [2.45, 2.75) is 32.2 Å². The first kappa shape index (κ1) is 19.7. The van der Waals surface area contributed by atoms with E-state index in [2.05, 4.69) is 0 Å². The minimum absolute atomic E-state index is 0.0453. The summed E-state index contributed by atoms with van der Waals surface area (Å²) in [6.45, 7) is 3.64. The van der Waals surface area contributed by atoms with E-state index in [0.29, 0.717) is 32.6 Å². The molecule has 0 radical (unpaired) electrons. The van der Waals surface area contributed by atoms with Gasteiger partial charge in [0.1, 0.15) is 11.5 Å². The highest BCUT2D eigenvalue weighted by atomic mass is 16.5. The summed E-state index contributed by atoms with van der Waals surface area (Å²) in [4.78, 5) is 25.8. The fraction of sp³-hybridized carbons (Fsp3) is 0.364. The number of benzene rings is 2. The van der Waals surface area contributed by atoms with Crippen molar-refractivity contribution in [1.29, 1.82) is 0 Å². The molecule has 148 valence electrons. The average Bonchev–Trinajstić information content (AvgIpc) is 2.71. The number of hydrogen-bond donors (Lipinski definition) is 1. The third kappa shape index (κ3) is 4.82. The molecule has 1 atom stereocenters. The molecule has 28 heavy (non-hydrogen) atoms. The largest absolute Gasteiger partial charge is 0.494 e. The number of carbonyl (C=O) groups is 2. The molecule has 1 heterocycles. The molecule has 0 bridgehead atoms. The molecule has 0 aliphatic carbocycles. The normalized spacial score (nSPS) is 15.6. The molecule has 0 spiro atoms. The monoisotopic (exact) mass is 383 g/mol. The predicted molar refractivity (Wildman–Crippen MR) is 105 cm³/mol. The molecule has 6 heteroatoms. The van der Waals surface area contributed by atoms with Crippen LogP contribution in [-0.4, -0.2) is 41.6 Å². The van der Waals surface area contributed by atoms with Crippen molar-refractivity contribution in [2.24, 2.45) is 0 Å². The summed E-state index contributed by atoms with van der Waals surface area (Å²) in [5.41, 5.74) is 1.71. The Bertz CT molecular complexity index is 818. The molecule has 2 aromatic carbocycles. The van der Waals surface area contributed by atoms with E-state index in [1.807, 2.05) is 55.5 Å². The van der Waals surface area contributed by atoms with E-state index in [0.717, 1.165) is 22.6 Å².